The summed E-state index contributed by atoms with van der Waals surface area (Å²) in [6.45, 7) is 1.93. The van der Waals surface area contributed by atoms with Gasteiger partial charge >= 0.3 is 11.8 Å². The molecule has 1 saturated carbocycles. The highest BCUT2D eigenvalue weighted by atomic mass is 16.6. The lowest BCUT2D eigenvalue weighted by atomic mass is 9.89. The lowest BCUT2D eigenvalue weighted by Crippen LogP contribution is -2.34. The number of aryl methyl sites for hydroxylation is 1. The molecule has 1 aliphatic carbocycles. The van der Waals surface area contributed by atoms with Crippen LogP contribution in [0.15, 0.2) is 22.7 Å². The Labute approximate surface area is 167 Å². The van der Waals surface area contributed by atoms with E-state index in [2.05, 4.69) is 20.8 Å². The average molecular weight is 401 g/mol. The molecule has 2 N–H and O–H groups in total. The smallest absolute Gasteiger partial charge is 0.315 e. The van der Waals surface area contributed by atoms with E-state index in [0.717, 1.165) is 25.7 Å². The number of amides is 2. The highest BCUT2D eigenvalue weighted by molar-refractivity contribution is 5.94. The van der Waals surface area contributed by atoms with E-state index < -0.39 is 10.8 Å². The van der Waals surface area contributed by atoms with Crippen LogP contribution in [0.5, 0.6) is 0 Å². The largest absolute Gasteiger partial charge is 0.350 e. The molecule has 10 nitrogen and oxygen atoms in total. The normalized spacial score (nSPS) is 14.4. The van der Waals surface area contributed by atoms with E-state index in [-0.39, 0.29) is 36.5 Å². The maximum Gasteiger partial charge on any atom is 0.315 e. The SMILES string of the molecule is Cc1cc(C(=O)NCCNC(=O)c2nc(C3CCCCC3)no2)ccc1[N+](=O)[O-]. The van der Waals surface area contributed by atoms with Crippen LogP contribution in [0.3, 0.4) is 0 Å². The molecule has 154 valence electrons. The van der Waals surface area contributed by atoms with Gasteiger partial charge in [-0.1, -0.05) is 24.4 Å². The first-order chi connectivity index (χ1) is 14.0. The molecule has 0 unspecified atom stereocenters. The minimum Gasteiger partial charge on any atom is -0.350 e. The fourth-order valence-electron chi connectivity index (χ4n) is 3.38. The number of carbonyl (C=O) groups excluding carboxylic acids is 2. The maximum absolute atomic E-state index is 12.1. The Morgan fingerprint density at radius 3 is 2.52 bits per heavy atom. The van der Waals surface area contributed by atoms with Crippen LogP contribution in [-0.4, -0.2) is 40.0 Å². The molecule has 1 aromatic heterocycles. The summed E-state index contributed by atoms with van der Waals surface area (Å²) < 4.78 is 5.06. The van der Waals surface area contributed by atoms with E-state index in [1.165, 1.54) is 24.6 Å². The number of hydrogen-bond acceptors (Lipinski definition) is 7. The van der Waals surface area contributed by atoms with Gasteiger partial charge in [-0.3, -0.25) is 19.7 Å². The van der Waals surface area contributed by atoms with Crippen molar-refractivity contribution in [3.8, 4) is 0 Å². The standard InChI is InChI=1S/C19H23N5O5/c1-12-11-14(7-8-15(12)24(27)28)17(25)20-9-10-21-18(26)19-22-16(23-29-19)13-5-3-2-4-6-13/h7-8,11,13H,2-6,9-10H2,1H3,(H,20,25)(H,21,26). The number of rotatable bonds is 7. The van der Waals surface area contributed by atoms with Gasteiger partial charge in [-0.15, -0.1) is 0 Å². The molecule has 0 bridgehead atoms. The molecule has 1 heterocycles. The van der Waals surface area contributed by atoms with Crippen molar-refractivity contribution >= 4 is 17.5 Å². The molecule has 2 aromatic rings. The Hall–Kier alpha value is -3.30. The molecule has 0 atom stereocenters. The van der Waals surface area contributed by atoms with Gasteiger partial charge in [0.2, 0.25) is 0 Å². The van der Waals surface area contributed by atoms with E-state index in [1.807, 2.05) is 0 Å². The quantitative estimate of drug-likeness (QED) is 0.412. The molecule has 0 saturated heterocycles. The average Bonchev–Trinajstić information content (AvgIpc) is 3.21. The molecule has 29 heavy (non-hydrogen) atoms. The first kappa shape index (κ1) is 20.4. The van der Waals surface area contributed by atoms with Crippen LogP contribution in [0.1, 0.15) is 70.5 Å². The summed E-state index contributed by atoms with van der Waals surface area (Å²) >= 11 is 0. The van der Waals surface area contributed by atoms with E-state index in [4.69, 9.17) is 4.52 Å². The number of aromatic nitrogens is 2. The molecule has 0 aliphatic heterocycles. The Morgan fingerprint density at radius 1 is 1.17 bits per heavy atom. The summed E-state index contributed by atoms with van der Waals surface area (Å²) in [6, 6.07) is 4.15. The minimum absolute atomic E-state index is 0.0408. The van der Waals surface area contributed by atoms with Crippen LogP contribution < -0.4 is 10.6 Å². The van der Waals surface area contributed by atoms with Crippen LogP contribution in [0.4, 0.5) is 5.69 Å². The van der Waals surface area contributed by atoms with Gasteiger partial charge in [0, 0.05) is 36.2 Å². The predicted octanol–water partition coefficient (Wildman–Crippen LogP) is 2.49. The molecular weight excluding hydrogens is 378 g/mol. The van der Waals surface area contributed by atoms with Gasteiger partial charge in [0.1, 0.15) is 0 Å². The lowest BCUT2D eigenvalue weighted by Gasteiger charge is -2.17. The van der Waals surface area contributed by atoms with E-state index in [0.29, 0.717) is 17.0 Å². The number of hydrogen-bond donors (Lipinski definition) is 2. The van der Waals surface area contributed by atoms with Gasteiger partial charge in [0.25, 0.3) is 11.6 Å². The number of nitrogens with zero attached hydrogens (tertiary/aromatic N) is 3. The summed E-state index contributed by atoms with van der Waals surface area (Å²) in [5.41, 5.74) is 0.676. The summed E-state index contributed by atoms with van der Waals surface area (Å²) in [4.78, 5) is 38.8. The Kier molecular flexibility index (Phi) is 6.53. The van der Waals surface area contributed by atoms with Gasteiger partial charge in [-0.2, -0.15) is 4.98 Å². The first-order valence-corrected chi connectivity index (χ1v) is 9.60. The van der Waals surface area contributed by atoms with E-state index in [9.17, 15) is 19.7 Å². The van der Waals surface area contributed by atoms with Crippen LogP contribution >= 0.6 is 0 Å². The molecule has 1 aliphatic rings. The third-order valence-corrected chi connectivity index (χ3v) is 4.96. The van der Waals surface area contributed by atoms with Crippen molar-refractivity contribution in [2.24, 2.45) is 0 Å². The Morgan fingerprint density at radius 2 is 1.86 bits per heavy atom. The molecule has 2 amide bonds. The fraction of sp³-hybridized carbons (Fsp3) is 0.474. The second kappa shape index (κ2) is 9.26. The molecule has 0 spiro atoms. The predicted molar refractivity (Wildman–Crippen MR) is 103 cm³/mol. The lowest BCUT2D eigenvalue weighted by molar-refractivity contribution is -0.385. The van der Waals surface area contributed by atoms with Crippen LogP contribution in [0.2, 0.25) is 0 Å². The van der Waals surface area contributed by atoms with Crippen molar-refractivity contribution < 1.29 is 19.0 Å². The molecular formula is C19H23N5O5. The number of benzene rings is 1. The Balaban J connectivity index is 1.44. The zero-order valence-corrected chi connectivity index (χ0v) is 16.1. The summed E-state index contributed by atoms with van der Waals surface area (Å²) in [6.07, 6.45) is 5.50. The molecule has 10 heteroatoms. The minimum atomic E-state index is -0.496. The first-order valence-electron chi connectivity index (χ1n) is 9.60. The fourth-order valence-corrected chi connectivity index (χ4v) is 3.38. The zero-order valence-electron chi connectivity index (χ0n) is 16.1. The van der Waals surface area contributed by atoms with Gasteiger partial charge in [-0.05, 0) is 31.9 Å². The highest BCUT2D eigenvalue weighted by Gasteiger charge is 2.23. The second-order valence-electron chi connectivity index (χ2n) is 7.06. The van der Waals surface area contributed by atoms with Crippen LogP contribution in [-0.2, 0) is 0 Å². The maximum atomic E-state index is 12.1. The number of nitro benzene ring substituents is 1. The molecule has 1 aromatic carbocycles. The number of nitro groups is 1. The van der Waals surface area contributed by atoms with Crippen molar-refractivity contribution in [1.82, 2.24) is 20.8 Å². The van der Waals surface area contributed by atoms with Crippen molar-refractivity contribution in [3.63, 3.8) is 0 Å². The van der Waals surface area contributed by atoms with Gasteiger partial charge in [-0.25, -0.2) is 0 Å². The van der Waals surface area contributed by atoms with Crippen molar-refractivity contribution in [2.45, 2.75) is 44.9 Å². The molecule has 1 fully saturated rings. The topological polar surface area (TPSA) is 140 Å². The van der Waals surface area contributed by atoms with Crippen molar-refractivity contribution in [3.05, 3.63) is 51.2 Å². The van der Waals surface area contributed by atoms with Crippen LogP contribution in [0, 0.1) is 17.0 Å². The molecule has 3 rings (SSSR count). The summed E-state index contributed by atoms with van der Waals surface area (Å²) in [5.74, 6) is -0.118. The van der Waals surface area contributed by atoms with Gasteiger partial charge < -0.3 is 15.2 Å². The zero-order chi connectivity index (χ0) is 20.8. The van der Waals surface area contributed by atoms with Crippen LogP contribution in [0.25, 0.3) is 0 Å². The van der Waals surface area contributed by atoms with Gasteiger partial charge in [0.05, 0.1) is 4.92 Å². The third kappa shape index (κ3) is 5.15. The van der Waals surface area contributed by atoms with Crippen molar-refractivity contribution in [2.75, 3.05) is 13.1 Å². The van der Waals surface area contributed by atoms with E-state index >= 15 is 0 Å². The summed E-state index contributed by atoms with van der Waals surface area (Å²) in [7, 11) is 0. The van der Waals surface area contributed by atoms with Crippen molar-refractivity contribution in [1.29, 1.82) is 0 Å². The van der Waals surface area contributed by atoms with E-state index in [1.54, 1.807) is 6.92 Å². The number of carbonyl (C=O) groups is 2. The summed E-state index contributed by atoms with van der Waals surface area (Å²) in [5, 5.41) is 20.0. The second-order valence-corrected chi connectivity index (χ2v) is 7.06. The Bertz CT molecular complexity index is 904. The number of nitrogens with one attached hydrogen (secondary N) is 2. The molecule has 0 radical (unpaired) electrons. The third-order valence-electron chi connectivity index (χ3n) is 4.96. The highest BCUT2D eigenvalue weighted by Crippen LogP contribution is 2.30. The van der Waals surface area contributed by atoms with Gasteiger partial charge in [0.15, 0.2) is 5.82 Å². The monoisotopic (exact) mass is 401 g/mol.